The number of halogens is 1. The highest BCUT2D eigenvalue weighted by Gasteiger charge is 2.42. The molecule has 0 bridgehead atoms. The number of methoxy groups -OCH3 is 1. The Morgan fingerprint density at radius 3 is 2.45 bits per heavy atom. The van der Waals surface area contributed by atoms with E-state index < -0.39 is 0 Å². The Morgan fingerprint density at radius 2 is 1.80 bits per heavy atom. The van der Waals surface area contributed by atoms with Crippen LogP contribution in [0.15, 0.2) is 66.9 Å². The lowest BCUT2D eigenvalue weighted by atomic mass is 9.96. The third-order valence-corrected chi connectivity index (χ3v) is 7.76. The molecule has 1 aliphatic heterocycles. The van der Waals surface area contributed by atoms with E-state index in [1.54, 1.807) is 12.3 Å². The number of pyridine rings is 1. The molecule has 0 saturated carbocycles. The third kappa shape index (κ3) is 5.35. The van der Waals surface area contributed by atoms with Crippen molar-refractivity contribution in [2.75, 3.05) is 23.9 Å². The summed E-state index contributed by atoms with van der Waals surface area (Å²) >= 11 is 12.6. The molecular formula is C31H32ClN5O2S. The fourth-order valence-electron chi connectivity index (χ4n) is 5.59. The van der Waals surface area contributed by atoms with E-state index >= 15 is 0 Å². The van der Waals surface area contributed by atoms with Crippen LogP contribution in [-0.4, -0.2) is 34.3 Å². The zero-order chi connectivity index (χ0) is 28.6. The van der Waals surface area contributed by atoms with E-state index in [0.29, 0.717) is 15.8 Å². The molecule has 0 unspecified atom stereocenters. The molecule has 0 spiro atoms. The van der Waals surface area contributed by atoms with Gasteiger partial charge in [-0.2, -0.15) is 0 Å². The maximum atomic E-state index is 12.1. The lowest BCUT2D eigenvalue weighted by Crippen LogP contribution is -2.29. The van der Waals surface area contributed by atoms with Crippen molar-refractivity contribution >= 4 is 46.2 Å². The number of rotatable bonds is 7. The molecule has 7 nitrogen and oxygen atoms in total. The first kappa shape index (κ1) is 27.8. The summed E-state index contributed by atoms with van der Waals surface area (Å²) in [6.45, 7) is 8.46. The lowest BCUT2D eigenvalue weighted by Gasteiger charge is -2.28. The first-order valence-corrected chi connectivity index (χ1v) is 13.8. The van der Waals surface area contributed by atoms with Crippen molar-refractivity contribution in [3.63, 3.8) is 0 Å². The molecule has 40 heavy (non-hydrogen) atoms. The Kier molecular flexibility index (Phi) is 7.94. The largest absolute Gasteiger partial charge is 0.375 e. The van der Waals surface area contributed by atoms with E-state index in [-0.39, 0.29) is 24.6 Å². The maximum absolute atomic E-state index is 12.1. The Bertz CT molecular complexity index is 1570. The zero-order valence-corrected chi connectivity index (χ0v) is 24.7. The van der Waals surface area contributed by atoms with Crippen LogP contribution in [0.2, 0.25) is 5.02 Å². The van der Waals surface area contributed by atoms with Gasteiger partial charge in [-0.05, 0) is 105 Å². The highest BCUT2D eigenvalue weighted by Crippen LogP contribution is 2.44. The van der Waals surface area contributed by atoms with Gasteiger partial charge in [0.15, 0.2) is 5.11 Å². The molecule has 0 aliphatic carbocycles. The second kappa shape index (κ2) is 11.4. The van der Waals surface area contributed by atoms with Gasteiger partial charge in [-0.3, -0.25) is 9.78 Å². The van der Waals surface area contributed by atoms with Crippen LogP contribution in [0.1, 0.15) is 45.9 Å². The van der Waals surface area contributed by atoms with Gasteiger partial charge in [-0.1, -0.05) is 23.7 Å². The van der Waals surface area contributed by atoms with Crippen LogP contribution < -0.4 is 15.5 Å². The van der Waals surface area contributed by atoms with Crippen molar-refractivity contribution in [2.24, 2.45) is 0 Å². The molecule has 4 aromatic rings. The van der Waals surface area contributed by atoms with E-state index in [1.165, 1.54) is 18.2 Å². The quantitative estimate of drug-likeness (QED) is 0.245. The number of anilines is 2. The summed E-state index contributed by atoms with van der Waals surface area (Å²) < 4.78 is 7.22. The molecule has 3 heterocycles. The van der Waals surface area contributed by atoms with Gasteiger partial charge in [0.05, 0.1) is 28.5 Å². The Labute approximate surface area is 245 Å². The monoisotopic (exact) mass is 573 g/mol. The molecule has 2 N–H and O–H groups in total. The second-order valence-electron chi connectivity index (χ2n) is 10.1. The van der Waals surface area contributed by atoms with Gasteiger partial charge in [0.2, 0.25) is 5.91 Å². The van der Waals surface area contributed by atoms with Crippen molar-refractivity contribution in [1.82, 2.24) is 14.9 Å². The minimum atomic E-state index is -0.276. The van der Waals surface area contributed by atoms with Crippen LogP contribution in [-0.2, 0) is 9.53 Å². The van der Waals surface area contributed by atoms with Gasteiger partial charge in [0, 0.05) is 36.1 Å². The number of aryl methyl sites for hydroxylation is 3. The van der Waals surface area contributed by atoms with Crippen LogP contribution >= 0.6 is 23.8 Å². The van der Waals surface area contributed by atoms with Gasteiger partial charge in [-0.25, -0.2) is 0 Å². The standard InChI is InChI=1S/C31H32ClN5O2S/c1-18-12-19(2)14-23(13-18)36-20(3)15-24(21(36)4)30-29(27-8-6-7-11-33-27)35-31(40)37(30)22-9-10-26(25(32)16-22)34-28(38)17-39-5/h6-16,29-30H,17H2,1-5H3,(H,34,38)(H,35,40)/t29-,30-/m0/s1. The SMILES string of the molecule is COCC(=O)Nc1ccc(N2C(=S)N[C@@H](c3ccccn3)[C@@H]2c2cc(C)n(-c3cc(C)cc(C)c3)c2C)cc1Cl. The molecule has 1 fully saturated rings. The Hall–Kier alpha value is -3.72. The molecule has 2 aromatic heterocycles. The van der Waals surface area contributed by atoms with Gasteiger partial charge in [0.25, 0.3) is 0 Å². The summed E-state index contributed by atoms with van der Waals surface area (Å²) in [6.07, 6.45) is 1.80. The molecule has 2 aromatic carbocycles. The fraction of sp³-hybridized carbons (Fsp3) is 0.258. The molecule has 2 atom stereocenters. The second-order valence-corrected chi connectivity index (χ2v) is 10.9. The molecular weight excluding hydrogens is 542 g/mol. The van der Waals surface area contributed by atoms with E-state index in [1.807, 2.05) is 30.3 Å². The maximum Gasteiger partial charge on any atom is 0.250 e. The molecule has 1 amide bonds. The average molecular weight is 574 g/mol. The number of hydrogen-bond acceptors (Lipinski definition) is 4. The first-order chi connectivity index (χ1) is 19.2. The van der Waals surface area contributed by atoms with E-state index in [0.717, 1.165) is 34.0 Å². The topological polar surface area (TPSA) is 71.4 Å². The minimum absolute atomic E-state index is 0.0535. The highest BCUT2D eigenvalue weighted by molar-refractivity contribution is 7.80. The summed E-state index contributed by atoms with van der Waals surface area (Å²) in [5.74, 6) is -0.276. The van der Waals surface area contributed by atoms with E-state index in [2.05, 4.69) is 77.0 Å². The number of ether oxygens (including phenoxy) is 1. The van der Waals surface area contributed by atoms with Crippen molar-refractivity contribution in [1.29, 1.82) is 0 Å². The zero-order valence-electron chi connectivity index (χ0n) is 23.2. The molecule has 1 aliphatic rings. The number of carbonyl (C=O) groups excluding carboxylic acids is 1. The summed E-state index contributed by atoms with van der Waals surface area (Å²) in [4.78, 5) is 18.9. The molecule has 5 rings (SSSR count). The van der Waals surface area contributed by atoms with Crippen LogP contribution in [0.3, 0.4) is 0 Å². The normalized spacial score (nSPS) is 16.8. The van der Waals surface area contributed by atoms with Crippen LogP contribution in [0, 0.1) is 27.7 Å². The minimum Gasteiger partial charge on any atom is -0.375 e. The fourth-order valence-corrected chi connectivity index (χ4v) is 6.15. The number of aromatic nitrogens is 2. The number of hydrogen-bond donors (Lipinski definition) is 2. The summed E-state index contributed by atoms with van der Waals surface area (Å²) in [7, 11) is 1.47. The van der Waals surface area contributed by atoms with Gasteiger partial charge >= 0.3 is 0 Å². The predicted molar refractivity (Wildman–Crippen MR) is 165 cm³/mol. The molecule has 9 heteroatoms. The molecule has 1 saturated heterocycles. The number of thiocarbonyl (C=S) groups is 1. The number of benzene rings is 2. The van der Waals surface area contributed by atoms with Crippen molar-refractivity contribution in [3.05, 3.63) is 106 Å². The highest BCUT2D eigenvalue weighted by atomic mass is 35.5. The van der Waals surface area contributed by atoms with E-state index in [4.69, 9.17) is 28.6 Å². The van der Waals surface area contributed by atoms with Crippen molar-refractivity contribution in [3.8, 4) is 5.69 Å². The summed E-state index contributed by atoms with van der Waals surface area (Å²) in [6, 6.07) is 19.9. The predicted octanol–water partition coefficient (Wildman–Crippen LogP) is 6.52. The first-order valence-electron chi connectivity index (χ1n) is 13.0. The average Bonchev–Trinajstić information content (AvgIpc) is 3.40. The van der Waals surface area contributed by atoms with Crippen LogP contribution in [0.4, 0.5) is 11.4 Å². The molecule has 206 valence electrons. The third-order valence-electron chi connectivity index (χ3n) is 7.13. The smallest absolute Gasteiger partial charge is 0.250 e. The summed E-state index contributed by atoms with van der Waals surface area (Å²) in [5.41, 5.74) is 9.16. The number of nitrogens with one attached hydrogen (secondary N) is 2. The van der Waals surface area contributed by atoms with Gasteiger partial charge in [-0.15, -0.1) is 0 Å². The number of nitrogens with zero attached hydrogens (tertiary/aromatic N) is 3. The summed E-state index contributed by atoms with van der Waals surface area (Å²) in [5, 5.41) is 7.29. The Morgan fingerprint density at radius 1 is 1.05 bits per heavy atom. The van der Waals surface area contributed by atoms with Gasteiger partial charge < -0.3 is 24.8 Å². The van der Waals surface area contributed by atoms with Crippen molar-refractivity contribution in [2.45, 2.75) is 39.8 Å². The molecule has 0 radical (unpaired) electrons. The lowest BCUT2D eigenvalue weighted by molar-refractivity contribution is -0.119. The van der Waals surface area contributed by atoms with E-state index in [9.17, 15) is 4.79 Å². The van der Waals surface area contributed by atoms with Gasteiger partial charge in [0.1, 0.15) is 6.61 Å². The number of carbonyl (C=O) groups is 1. The van der Waals surface area contributed by atoms with Crippen molar-refractivity contribution < 1.29 is 9.53 Å². The Balaban J connectivity index is 1.62. The van der Waals surface area contributed by atoms with Crippen LogP contribution in [0.5, 0.6) is 0 Å². The van der Waals surface area contributed by atoms with Crippen LogP contribution in [0.25, 0.3) is 5.69 Å². The number of amides is 1.